The van der Waals surface area contributed by atoms with Gasteiger partial charge in [0, 0.05) is 11.1 Å². The minimum Gasteiger partial charge on any atom is -0.341 e. The van der Waals surface area contributed by atoms with E-state index in [4.69, 9.17) is 11.6 Å². The minimum atomic E-state index is 0.706. The number of aromatic amines is 1. The molecule has 0 radical (unpaired) electrons. The number of halogens is 1. The van der Waals surface area contributed by atoms with Gasteiger partial charge in [-0.2, -0.15) is 0 Å². The van der Waals surface area contributed by atoms with E-state index in [1.165, 1.54) is 12.8 Å². The molecule has 2 N–H and O–H groups in total. The van der Waals surface area contributed by atoms with Crippen molar-refractivity contribution in [1.82, 2.24) is 15.3 Å². The van der Waals surface area contributed by atoms with Gasteiger partial charge in [-0.1, -0.05) is 11.6 Å². The maximum Gasteiger partial charge on any atom is 0.121 e. The summed E-state index contributed by atoms with van der Waals surface area (Å²) in [6, 6.07) is 4.60. The first-order valence-corrected chi connectivity index (χ1v) is 5.99. The fraction of sp³-hybridized carbons (Fsp3) is 0.417. The molecule has 1 fully saturated rings. The third-order valence-electron chi connectivity index (χ3n) is 3.03. The minimum absolute atomic E-state index is 0.706. The molecule has 84 valence electrons. The second-order valence-corrected chi connectivity index (χ2v) is 4.81. The van der Waals surface area contributed by atoms with Gasteiger partial charge >= 0.3 is 0 Å². The number of benzene rings is 1. The Morgan fingerprint density at radius 3 is 3.06 bits per heavy atom. The van der Waals surface area contributed by atoms with E-state index in [1.807, 2.05) is 19.1 Å². The van der Waals surface area contributed by atoms with Gasteiger partial charge in [0.2, 0.25) is 0 Å². The molecule has 0 aliphatic heterocycles. The highest BCUT2D eigenvalue weighted by Gasteiger charge is 2.20. The molecule has 0 spiro atoms. The Labute approximate surface area is 99.2 Å². The second kappa shape index (κ2) is 3.75. The predicted molar refractivity (Wildman–Crippen MR) is 65.7 cm³/mol. The van der Waals surface area contributed by atoms with Crippen molar-refractivity contribution in [3.05, 3.63) is 28.5 Å². The molecular formula is C12H14ClN3. The van der Waals surface area contributed by atoms with Crippen molar-refractivity contribution in [2.75, 3.05) is 0 Å². The van der Waals surface area contributed by atoms with Crippen LogP contribution in [-0.4, -0.2) is 16.0 Å². The van der Waals surface area contributed by atoms with E-state index in [9.17, 15) is 0 Å². The number of nitrogens with one attached hydrogen (secondary N) is 2. The van der Waals surface area contributed by atoms with Crippen LogP contribution in [0.15, 0.2) is 12.1 Å². The van der Waals surface area contributed by atoms with Gasteiger partial charge in [0.15, 0.2) is 0 Å². The van der Waals surface area contributed by atoms with Crippen LogP contribution >= 0.6 is 11.6 Å². The first-order chi connectivity index (χ1) is 7.74. The van der Waals surface area contributed by atoms with Gasteiger partial charge in [0.05, 0.1) is 17.6 Å². The Hall–Kier alpha value is -1.06. The van der Waals surface area contributed by atoms with Crippen LogP contribution in [0, 0.1) is 6.92 Å². The normalized spacial score (nSPS) is 15.9. The van der Waals surface area contributed by atoms with Crippen LogP contribution < -0.4 is 5.32 Å². The number of rotatable bonds is 3. The summed E-state index contributed by atoms with van der Waals surface area (Å²) >= 11 is 6.06. The molecule has 1 saturated carbocycles. The zero-order chi connectivity index (χ0) is 11.1. The Morgan fingerprint density at radius 1 is 1.50 bits per heavy atom. The summed E-state index contributed by atoms with van der Waals surface area (Å²) in [5.41, 5.74) is 3.10. The number of aryl methyl sites for hydroxylation is 1. The lowest BCUT2D eigenvalue weighted by Gasteiger charge is -1.97. The van der Waals surface area contributed by atoms with Crippen LogP contribution in [0.5, 0.6) is 0 Å². The van der Waals surface area contributed by atoms with Gasteiger partial charge in [-0.3, -0.25) is 0 Å². The maximum absolute atomic E-state index is 6.06. The van der Waals surface area contributed by atoms with E-state index in [-0.39, 0.29) is 0 Å². The van der Waals surface area contributed by atoms with Crippen molar-refractivity contribution in [2.45, 2.75) is 32.4 Å². The summed E-state index contributed by atoms with van der Waals surface area (Å²) in [6.07, 6.45) is 2.59. The van der Waals surface area contributed by atoms with E-state index in [0.717, 1.165) is 34.0 Å². The van der Waals surface area contributed by atoms with Gasteiger partial charge in [-0.15, -0.1) is 0 Å². The van der Waals surface area contributed by atoms with Gasteiger partial charge in [-0.05, 0) is 37.5 Å². The number of H-pyrrole nitrogens is 1. The Bertz CT molecular complexity index is 528. The van der Waals surface area contributed by atoms with Crippen LogP contribution in [0.25, 0.3) is 11.0 Å². The molecule has 0 amide bonds. The van der Waals surface area contributed by atoms with Crippen LogP contribution in [0.1, 0.15) is 24.2 Å². The molecule has 1 heterocycles. The first kappa shape index (κ1) is 10.1. The SMILES string of the molecule is Cc1c(Cl)ccc2[nH]c(CNC3CC3)nc12. The van der Waals surface area contributed by atoms with Gasteiger partial charge in [0.1, 0.15) is 5.82 Å². The number of aromatic nitrogens is 2. The molecule has 1 aromatic carbocycles. The number of hydrogen-bond acceptors (Lipinski definition) is 2. The fourth-order valence-corrected chi connectivity index (χ4v) is 2.00. The number of nitrogens with zero attached hydrogens (tertiary/aromatic N) is 1. The molecule has 2 aromatic rings. The van der Waals surface area contributed by atoms with E-state index >= 15 is 0 Å². The first-order valence-electron chi connectivity index (χ1n) is 5.61. The van der Waals surface area contributed by atoms with Gasteiger partial charge in [-0.25, -0.2) is 4.98 Å². The molecule has 0 saturated heterocycles. The Balaban J connectivity index is 1.91. The summed E-state index contributed by atoms with van der Waals surface area (Å²) in [7, 11) is 0. The monoisotopic (exact) mass is 235 g/mol. The number of imidazole rings is 1. The molecular weight excluding hydrogens is 222 g/mol. The molecule has 1 aliphatic rings. The molecule has 0 bridgehead atoms. The molecule has 1 aromatic heterocycles. The van der Waals surface area contributed by atoms with Crippen molar-refractivity contribution in [1.29, 1.82) is 0 Å². The lowest BCUT2D eigenvalue weighted by Crippen LogP contribution is -2.16. The molecule has 3 rings (SSSR count). The third kappa shape index (κ3) is 1.81. The molecule has 1 aliphatic carbocycles. The standard InChI is InChI=1S/C12H14ClN3/c1-7-9(13)4-5-10-12(7)16-11(15-10)6-14-8-2-3-8/h4-5,8,14H,2-3,6H2,1H3,(H,15,16). The highest BCUT2D eigenvalue weighted by Crippen LogP contribution is 2.24. The van der Waals surface area contributed by atoms with Gasteiger partial charge in [0.25, 0.3) is 0 Å². The average Bonchev–Trinajstić information content (AvgIpc) is 3.01. The largest absolute Gasteiger partial charge is 0.341 e. The summed E-state index contributed by atoms with van der Waals surface area (Å²) in [6.45, 7) is 2.82. The quantitative estimate of drug-likeness (QED) is 0.859. The summed E-state index contributed by atoms with van der Waals surface area (Å²) in [5.74, 6) is 0.993. The van der Waals surface area contributed by atoms with Crippen LogP contribution in [0.3, 0.4) is 0 Å². The van der Waals surface area contributed by atoms with E-state index in [1.54, 1.807) is 0 Å². The van der Waals surface area contributed by atoms with Crippen LogP contribution in [-0.2, 0) is 6.54 Å². The third-order valence-corrected chi connectivity index (χ3v) is 3.44. The molecule has 4 heteroatoms. The van der Waals surface area contributed by atoms with Crippen molar-refractivity contribution in [2.24, 2.45) is 0 Å². The molecule has 0 atom stereocenters. The van der Waals surface area contributed by atoms with Gasteiger partial charge < -0.3 is 10.3 Å². The Kier molecular flexibility index (Phi) is 2.37. The lowest BCUT2D eigenvalue weighted by molar-refractivity contribution is 0.665. The average molecular weight is 236 g/mol. The van der Waals surface area contributed by atoms with Crippen LogP contribution in [0.2, 0.25) is 5.02 Å². The van der Waals surface area contributed by atoms with E-state index in [0.29, 0.717) is 6.04 Å². The summed E-state index contributed by atoms with van der Waals surface area (Å²) in [5, 5.41) is 4.22. The topological polar surface area (TPSA) is 40.7 Å². The summed E-state index contributed by atoms with van der Waals surface area (Å²) in [4.78, 5) is 7.88. The van der Waals surface area contributed by atoms with Crippen molar-refractivity contribution < 1.29 is 0 Å². The van der Waals surface area contributed by atoms with Crippen LogP contribution in [0.4, 0.5) is 0 Å². The zero-order valence-electron chi connectivity index (χ0n) is 9.18. The smallest absolute Gasteiger partial charge is 0.121 e. The van der Waals surface area contributed by atoms with Crippen molar-refractivity contribution in [3.8, 4) is 0 Å². The highest BCUT2D eigenvalue weighted by molar-refractivity contribution is 6.32. The molecule has 16 heavy (non-hydrogen) atoms. The molecule has 0 unspecified atom stereocenters. The second-order valence-electron chi connectivity index (χ2n) is 4.41. The fourth-order valence-electron chi connectivity index (χ4n) is 1.85. The Morgan fingerprint density at radius 2 is 2.31 bits per heavy atom. The molecule has 3 nitrogen and oxygen atoms in total. The number of fused-ring (bicyclic) bond motifs is 1. The summed E-state index contributed by atoms with van der Waals surface area (Å²) < 4.78 is 0. The maximum atomic E-state index is 6.06. The number of hydrogen-bond donors (Lipinski definition) is 2. The van der Waals surface area contributed by atoms with Crippen molar-refractivity contribution >= 4 is 22.6 Å². The van der Waals surface area contributed by atoms with E-state index < -0.39 is 0 Å². The van der Waals surface area contributed by atoms with E-state index in [2.05, 4.69) is 15.3 Å². The predicted octanol–water partition coefficient (Wildman–Crippen LogP) is 2.78. The highest BCUT2D eigenvalue weighted by atomic mass is 35.5. The lowest BCUT2D eigenvalue weighted by atomic mass is 10.2. The van der Waals surface area contributed by atoms with Crippen molar-refractivity contribution in [3.63, 3.8) is 0 Å². The zero-order valence-corrected chi connectivity index (χ0v) is 9.93.